The summed E-state index contributed by atoms with van der Waals surface area (Å²) in [6, 6.07) is 33.8. The molecular weight excluding hydrogens is 436 g/mol. The van der Waals surface area contributed by atoms with Gasteiger partial charge in [-0.2, -0.15) is 0 Å². The van der Waals surface area contributed by atoms with Crippen LogP contribution in [0.3, 0.4) is 0 Å². The quantitative estimate of drug-likeness (QED) is 0.263. The van der Waals surface area contributed by atoms with Crippen molar-refractivity contribution in [3.8, 4) is 22.3 Å². The van der Waals surface area contributed by atoms with Crippen LogP contribution < -0.4 is 0 Å². The second-order valence-corrected chi connectivity index (χ2v) is 10.3. The second-order valence-electron chi connectivity index (χ2n) is 10.3. The maximum atomic E-state index is 3.67. The Balaban J connectivity index is 1.34. The Kier molecular flexibility index (Phi) is 4.44. The fourth-order valence-electron chi connectivity index (χ4n) is 5.93. The first-order valence-electron chi connectivity index (χ1n) is 12.6. The van der Waals surface area contributed by atoms with Gasteiger partial charge in [-0.3, -0.25) is 0 Å². The lowest BCUT2D eigenvalue weighted by Gasteiger charge is -2.08. The van der Waals surface area contributed by atoms with E-state index < -0.39 is 0 Å². The summed E-state index contributed by atoms with van der Waals surface area (Å²) < 4.78 is 2.31. The van der Waals surface area contributed by atoms with Gasteiger partial charge in [-0.25, -0.2) is 0 Å². The summed E-state index contributed by atoms with van der Waals surface area (Å²) in [5, 5.41) is 5.23. The van der Waals surface area contributed by atoms with Gasteiger partial charge >= 0.3 is 0 Å². The minimum absolute atomic E-state index is 1.19. The van der Waals surface area contributed by atoms with Crippen molar-refractivity contribution in [2.45, 2.75) is 20.8 Å². The normalized spacial score (nSPS) is 11.9. The summed E-state index contributed by atoms with van der Waals surface area (Å²) in [4.78, 5) is 3.67. The van der Waals surface area contributed by atoms with E-state index in [1.807, 2.05) is 0 Å². The maximum absolute atomic E-state index is 3.67. The Morgan fingerprint density at radius 2 is 1.22 bits per heavy atom. The van der Waals surface area contributed by atoms with E-state index in [2.05, 4.69) is 128 Å². The number of nitrogens with zero attached hydrogens (tertiary/aromatic N) is 1. The number of rotatable bonds is 2. The molecule has 0 aliphatic carbocycles. The SMILES string of the molecule is Cc1cc(C)c2[nH]c3cc(-c4cccc(-c5ccc6c7cc(C)ccc7n(C)c6c5)c4)ccc3c2c1. The molecule has 2 heterocycles. The first-order chi connectivity index (χ1) is 17.5. The summed E-state index contributed by atoms with van der Waals surface area (Å²) in [6.45, 7) is 6.51. The first kappa shape index (κ1) is 21.0. The molecule has 0 aliphatic heterocycles. The molecule has 7 rings (SSSR count). The highest BCUT2D eigenvalue weighted by Gasteiger charge is 2.12. The van der Waals surface area contributed by atoms with Crippen LogP contribution in [0.4, 0.5) is 0 Å². The van der Waals surface area contributed by atoms with Gasteiger partial charge in [0.15, 0.2) is 0 Å². The Labute approximate surface area is 210 Å². The molecule has 0 saturated heterocycles. The van der Waals surface area contributed by atoms with E-state index in [9.17, 15) is 0 Å². The molecule has 0 atom stereocenters. The first-order valence-corrected chi connectivity index (χ1v) is 12.6. The third kappa shape index (κ3) is 3.11. The lowest BCUT2D eigenvalue weighted by molar-refractivity contribution is 1.01. The van der Waals surface area contributed by atoms with Gasteiger partial charge in [-0.05, 0) is 85.0 Å². The molecule has 0 aliphatic rings. The van der Waals surface area contributed by atoms with Gasteiger partial charge in [0.2, 0.25) is 0 Å². The number of H-pyrrole nitrogens is 1. The molecule has 36 heavy (non-hydrogen) atoms. The van der Waals surface area contributed by atoms with Gasteiger partial charge in [0.1, 0.15) is 0 Å². The fraction of sp³-hybridized carbons (Fsp3) is 0.118. The van der Waals surface area contributed by atoms with E-state index in [1.165, 1.54) is 82.6 Å². The number of aromatic nitrogens is 2. The van der Waals surface area contributed by atoms with E-state index >= 15 is 0 Å². The smallest absolute Gasteiger partial charge is 0.0494 e. The number of aryl methyl sites for hydroxylation is 4. The lowest BCUT2D eigenvalue weighted by Crippen LogP contribution is -1.87. The molecule has 0 saturated carbocycles. The number of aromatic amines is 1. The Morgan fingerprint density at radius 3 is 2.03 bits per heavy atom. The summed E-state index contributed by atoms with van der Waals surface area (Å²) in [7, 11) is 2.17. The molecule has 0 radical (unpaired) electrons. The van der Waals surface area contributed by atoms with E-state index in [0.29, 0.717) is 0 Å². The number of benzene rings is 5. The van der Waals surface area contributed by atoms with Gasteiger partial charge in [0.25, 0.3) is 0 Å². The van der Waals surface area contributed by atoms with Crippen molar-refractivity contribution in [1.82, 2.24) is 9.55 Å². The fourth-order valence-corrected chi connectivity index (χ4v) is 5.93. The van der Waals surface area contributed by atoms with E-state index in [1.54, 1.807) is 0 Å². The van der Waals surface area contributed by atoms with Crippen LogP contribution >= 0.6 is 0 Å². The van der Waals surface area contributed by atoms with Crippen LogP contribution in [0.2, 0.25) is 0 Å². The molecule has 174 valence electrons. The molecule has 2 nitrogen and oxygen atoms in total. The number of fused-ring (bicyclic) bond motifs is 6. The molecule has 0 unspecified atom stereocenters. The predicted molar refractivity (Wildman–Crippen MR) is 155 cm³/mol. The van der Waals surface area contributed by atoms with Crippen molar-refractivity contribution >= 4 is 43.6 Å². The molecule has 0 amide bonds. The van der Waals surface area contributed by atoms with Crippen molar-refractivity contribution in [2.24, 2.45) is 7.05 Å². The molecule has 0 bridgehead atoms. The van der Waals surface area contributed by atoms with E-state index in [0.717, 1.165) is 0 Å². The molecule has 2 heteroatoms. The van der Waals surface area contributed by atoms with Gasteiger partial charge in [-0.15, -0.1) is 0 Å². The number of hydrogen-bond donors (Lipinski definition) is 1. The van der Waals surface area contributed by atoms with E-state index in [-0.39, 0.29) is 0 Å². The highest BCUT2D eigenvalue weighted by molar-refractivity contribution is 6.10. The summed E-state index contributed by atoms with van der Waals surface area (Å²) in [5.74, 6) is 0. The van der Waals surface area contributed by atoms with Crippen LogP contribution in [0.15, 0.2) is 91.0 Å². The zero-order valence-electron chi connectivity index (χ0n) is 21.1. The number of nitrogens with one attached hydrogen (secondary N) is 1. The van der Waals surface area contributed by atoms with Gasteiger partial charge in [0.05, 0.1) is 0 Å². The van der Waals surface area contributed by atoms with Gasteiger partial charge in [-0.1, -0.05) is 65.7 Å². The molecule has 1 N–H and O–H groups in total. The Bertz CT molecular complexity index is 1980. The van der Waals surface area contributed by atoms with Crippen LogP contribution in [0.25, 0.3) is 65.9 Å². The topological polar surface area (TPSA) is 20.7 Å². The van der Waals surface area contributed by atoms with E-state index in [4.69, 9.17) is 0 Å². The molecule has 0 spiro atoms. The summed E-state index contributed by atoms with van der Waals surface area (Å²) >= 11 is 0. The van der Waals surface area contributed by atoms with Crippen LogP contribution in [-0.4, -0.2) is 9.55 Å². The van der Waals surface area contributed by atoms with Crippen molar-refractivity contribution in [3.05, 3.63) is 108 Å². The third-order valence-corrected chi connectivity index (χ3v) is 7.74. The lowest BCUT2D eigenvalue weighted by atomic mass is 9.97. The molecule has 2 aromatic heterocycles. The maximum Gasteiger partial charge on any atom is 0.0494 e. The summed E-state index contributed by atoms with van der Waals surface area (Å²) in [5.41, 5.74) is 13.8. The molecular formula is C34H28N2. The van der Waals surface area contributed by atoms with Crippen molar-refractivity contribution in [2.75, 3.05) is 0 Å². The Morgan fingerprint density at radius 1 is 0.528 bits per heavy atom. The average Bonchev–Trinajstić information content (AvgIpc) is 3.39. The highest BCUT2D eigenvalue weighted by atomic mass is 14.9. The van der Waals surface area contributed by atoms with Gasteiger partial charge < -0.3 is 9.55 Å². The standard InChI is InChI=1S/C34H28N2/c1-20-8-13-32-29(15-20)28-12-10-26(19-33(28)36(32)4)24-7-5-6-23(17-24)25-9-11-27-30-16-21(2)14-22(3)34(30)35-31(27)18-25/h5-19,35H,1-4H3. The molecule has 5 aromatic carbocycles. The molecule has 0 fully saturated rings. The van der Waals surface area contributed by atoms with Crippen LogP contribution in [0.1, 0.15) is 16.7 Å². The van der Waals surface area contributed by atoms with Crippen LogP contribution in [-0.2, 0) is 7.05 Å². The van der Waals surface area contributed by atoms with Crippen molar-refractivity contribution in [1.29, 1.82) is 0 Å². The highest BCUT2D eigenvalue weighted by Crippen LogP contribution is 2.35. The third-order valence-electron chi connectivity index (χ3n) is 7.74. The molecule has 7 aromatic rings. The largest absolute Gasteiger partial charge is 0.354 e. The van der Waals surface area contributed by atoms with Crippen LogP contribution in [0, 0.1) is 20.8 Å². The average molecular weight is 465 g/mol. The predicted octanol–water partition coefficient (Wildman–Crippen LogP) is 9.23. The van der Waals surface area contributed by atoms with Crippen molar-refractivity contribution < 1.29 is 0 Å². The summed E-state index contributed by atoms with van der Waals surface area (Å²) in [6.07, 6.45) is 0. The minimum Gasteiger partial charge on any atom is -0.354 e. The second kappa shape index (κ2) is 7.60. The van der Waals surface area contributed by atoms with Crippen molar-refractivity contribution in [3.63, 3.8) is 0 Å². The minimum atomic E-state index is 1.19. The van der Waals surface area contributed by atoms with Crippen LogP contribution in [0.5, 0.6) is 0 Å². The Hall–Kier alpha value is -4.30. The zero-order valence-corrected chi connectivity index (χ0v) is 21.1. The number of hydrogen-bond acceptors (Lipinski definition) is 0. The van der Waals surface area contributed by atoms with Gasteiger partial charge in [0, 0.05) is 50.7 Å². The zero-order chi connectivity index (χ0) is 24.6. The monoisotopic (exact) mass is 464 g/mol.